The molecule has 0 aromatic heterocycles. The van der Waals surface area contributed by atoms with Crippen LogP contribution in [0.25, 0.3) is 0 Å². The summed E-state index contributed by atoms with van der Waals surface area (Å²) in [5, 5.41) is 2.29. The minimum atomic E-state index is -1.85. The van der Waals surface area contributed by atoms with E-state index in [9.17, 15) is 4.79 Å². The Morgan fingerprint density at radius 3 is 2.48 bits per heavy atom. The summed E-state index contributed by atoms with van der Waals surface area (Å²) in [5.74, 6) is 1.40. The van der Waals surface area contributed by atoms with Crippen molar-refractivity contribution in [3.05, 3.63) is 11.0 Å². The fraction of sp³-hybridized carbons (Fsp3) is 0.842. The highest BCUT2D eigenvalue weighted by Gasteiger charge is 2.47. The normalized spacial score (nSPS) is 24.3. The maximum atomic E-state index is 12.9. The summed E-state index contributed by atoms with van der Waals surface area (Å²) in [4.78, 5) is 12.9. The number of rotatable bonds is 6. The molecule has 1 aliphatic rings. The molecule has 0 amide bonds. The van der Waals surface area contributed by atoms with Gasteiger partial charge >= 0.3 is 0 Å². The van der Waals surface area contributed by atoms with Crippen molar-refractivity contribution in [1.29, 1.82) is 0 Å². The highest BCUT2D eigenvalue weighted by molar-refractivity contribution is 8.02. The summed E-state index contributed by atoms with van der Waals surface area (Å²) in [6.07, 6.45) is 4.29. The van der Waals surface area contributed by atoms with Crippen LogP contribution in [-0.4, -0.2) is 26.0 Å². The van der Waals surface area contributed by atoms with Gasteiger partial charge in [0.15, 0.2) is 14.1 Å². The van der Waals surface area contributed by atoms with Crippen LogP contribution in [-0.2, 0) is 9.22 Å². The lowest BCUT2D eigenvalue weighted by Gasteiger charge is -2.46. The molecule has 134 valence electrons. The van der Waals surface area contributed by atoms with Crippen molar-refractivity contribution >= 4 is 25.9 Å². The van der Waals surface area contributed by atoms with Gasteiger partial charge in [-0.1, -0.05) is 48.0 Å². The first kappa shape index (κ1) is 21.0. The van der Waals surface area contributed by atoms with E-state index in [0.29, 0.717) is 0 Å². The summed E-state index contributed by atoms with van der Waals surface area (Å²) in [5.41, 5.74) is 0.594. The third kappa shape index (κ3) is 5.20. The lowest BCUT2D eigenvalue weighted by Crippen LogP contribution is -2.52. The topological polar surface area (TPSA) is 26.3 Å². The zero-order chi connectivity index (χ0) is 17.9. The molecule has 1 rings (SSSR count). The Kier molecular flexibility index (Phi) is 7.19. The van der Waals surface area contributed by atoms with Crippen LogP contribution < -0.4 is 0 Å². The van der Waals surface area contributed by atoms with Crippen LogP contribution in [0.1, 0.15) is 67.2 Å². The molecule has 1 atom stereocenters. The largest absolute Gasteiger partial charge is 0.413 e. The van der Waals surface area contributed by atoms with Crippen LogP contribution >= 0.6 is 11.8 Å². The van der Waals surface area contributed by atoms with E-state index in [4.69, 9.17) is 4.43 Å². The van der Waals surface area contributed by atoms with E-state index in [1.54, 1.807) is 11.8 Å². The van der Waals surface area contributed by atoms with E-state index in [2.05, 4.69) is 60.0 Å². The summed E-state index contributed by atoms with van der Waals surface area (Å²) in [6, 6.07) is 0. The van der Waals surface area contributed by atoms with Crippen LogP contribution in [0.5, 0.6) is 0 Å². The molecule has 1 aliphatic carbocycles. The Morgan fingerprint density at radius 1 is 1.35 bits per heavy atom. The second-order valence-electron chi connectivity index (χ2n) is 8.82. The van der Waals surface area contributed by atoms with Crippen LogP contribution in [0, 0.1) is 5.41 Å². The molecule has 1 saturated carbocycles. The summed E-state index contributed by atoms with van der Waals surface area (Å²) < 4.78 is 6.60. The van der Waals surface area contributed by atoms with Gasteiger partial charge in [0.25, 0.3) is 0 Å². The molecule has 1 fully saturated rings. The van der Waals surface area contributed by atoms with Gasteiger partial charge in [-0.2, -0.15) is 0 Å². The molecule has 0 aliphatic heterocycles. The number of allylic oxidation sites excluding steroid dienone is 1. The van der Waals surface area contributed by atoms with Crippen LogP contribution in [0.2, 0.25) is 18.1 Å². The lowest BCUT2D eigenvalue weighted by atomic mass is 9.72. The van der Waals surface area contributed by atoms with Gasteiger partial charge in [-0.05, 0) is 48.6 Å². The number of carbonyl (C=O) groups excluding carboxylic acids is 1. The SMILES string of the molecule is CCCCSC=C1CCC(O[Si](C)(C)C(C)(C)C)C(C)(C)C1=O. The minimum Gasteiger partial charge on any atom is -0.413 e. The Balaban J connectivity index is 2.81. The van der Waals surface area contributed by atoms with Gasteiger partial charge in [0.2, 0.25) is 0 Å². The van der Waals surface area contributed by atoms with E-state index < -0.39 is 13.7 Å². The number of hydrogen-bond donors (Lipinski definition) is 0. The van der Waals surface area contributed by atoms with Crippen molar-refractivity contribution in [3.63, 3.8) is 0 Å². The van der Waals surface area contributed by atoms with Crippen LogP contribution in [0.4, 0.5) is 0 Å². The van der Waals surface area contributed by atoms with E-state index in [1.165, 1.54) is 12.8 Å². The van der Waals surface area contributed by atoms with Gasteiger partial charge in [0.05, 0.1) is 11.5 Å². The number of thioether (sulfide) groups is 1. The summed E-state index contributed by atoms with van der Waals surface area (Å²) >= 11 is 1.79. The predicted octanol–water partition coefficient (Wildman–Crippen LogP) is 6.18. The van der Waals surface area contributed by atoms with E-state index in [1.807, 2.05) is 0 Å². The van der Waals surface area contributed by atoms with Gasteiger partial charge in [0.1, 0.15) is 0 Å². The van der Waals surface area contributed by atoms with Crippen molar-refractivity contribution in [2.45, 2.75) is 91.5 Å². The second-order valence-corrected chi connectivity index (χ2v) is 14.6. The van der Waals surface area contributed by atoms with Crippen molar-refractivity contribution in [3.8, 4) is 0 Å². The maximum Gasteiger partial charge on any atom is 0.192 e. The minimum absolute atomic E-state index is 0.0497. The summed E-state index contributed by atoms with van der Waals surface area (Å²) in [6.45, 7) is 17.7. The van der Waals surface area contributed by atoms with Gasteiger partial charge in [-0.15, -0.1) is 11.8 Å². The monoisotopic (exact) mass is 356 g/mol. The molecule has 0 aromatic rings. The first-order chi connectivity index (χ1) is 10.4. The molecular weight excluding hydrogens is 320 g/mol. The molecule has 4 heteroatoms. The first-order valence-corrected chi connectivity index (χ1v) is 12.9. The molecule has 0 aromatic carbocycles. The third-order valence-electron chi connectivity index (χ3n) is 5.44. The molecule has 0 saturated heterocycles. The van der Waals surface area contributed by atoms with Crippen molar-refractivity contribution in [2.24, 2.45) is 5.41 Å². The molecule has 1 unspecified atom stereocenters. The van der Waals surface area contributed by atoms with E-state index in [-0.39, 0.29) is 16.9 Å². The Bertz CT molecular complexity index is 447. The highest BCUT2D eigenvalue weighted by Crippen LogP contribution is 2.44. The van der Waals surface area contributed by atoms with Gasteiger partial charge in [-0.3, -0.25) is 4.79 Å². The first-order valence-electron chi connectivity index (χ1n) is 8.96. The number of ketones is 1. The number of hydrogen-bond acceptors (Lipinski definition) is 3. The summed E-state index contributed by atoms with van der Waals surface area (Å²) in [7, 11) is -1.85. The average molecular weight is 357 g/mol. The van der Waals surface area contributed by atoms with Crippen molar-refractivity contribution < 1.29 is 9.22 Å². The quantitative estimate of drug-likeness (QED) is 0.323. The molecule has 0 heterocycles. The number of carbonyl (C=O) groups is 1. The highest BCUT2D eigenvalue weighted by atomic mass is 32.2. The number of unbranched alkanes of at least 4 members (excludes halogenated alkanes) is 1. The predicted molar refractivity (Wildman–Crippen MR) is 106 cm³/mol. The van der Waals surface area contributed by atoms with Crippen molar-refractivity contribution in [1.82, 2.24) is 0 Å². The third-order valence-corrected chi connectivity index (χ3v) is 10.9. The Labute approximate surface area is 149 Å². The molecule has 23 heavy (non-hydrogen) atoms. The fourth-order valence-electron chi connectivity index (χ4n) is 2.56. The van der Waals surface area contributed by atoms with E-state index in [0.717, 1.165) is 24.2 Å². The molecule has 0 spiro atoms. The van der Waals surface area contributed by atoms with Gasteiger partial charge in [0, 0.05) is 5.57 Å². The standard InChI is InChI=1S/C19H36O2SSi/c1-9-10-13-22-14-15-11-12-16(19(5,6)17(15)20)21-23(7,8)18(2,3)4/h14,16H,9-13H2,1-8H3. The van der Waals surface area contributed by atoms with Crippen LogP contribution in [0.15, 0.2) is 11.0 Å². The second kappa shape index (κ2) is 7.88. The van der Waals surface area contributed by atoms with Crippen LogP contribution in [0.3, 0.4) is 0 Å². The zero-order valence-electron chi connectivity index (χ0n) is 16.4. The zero-order valence-corrected chi connectivity index (χ0v) is 18.2. The Hall–Kier alpha value is -0.0631. The smallest absolute Gasteiger partial charge is 0.192 e. The Morgan fingerprint density at radius 2 is 1.96 bits per heavy atom. The molecule has 0 bridgehead atoms. The van der Waals surface area contributed by atoms with Gasteiger partial charge < -0.3 is 4.43 Å². The maximum absolute atomic E-state index is 12.9. The van der Waals surface area contributed by atoms with E-state index >= 15 is 0 Å². The lowest BCUT2D eigenvalue weighted by molar-refractivity contribution is -0.131. The molecule has 0 N–H and O–H groups in total. The number of Topliss-reactive ketones (excluding diaryl/α,β-unsaturated/α-hetero) is 1. The fourth-order valence-corrected chi connectivity index (χ4v) is 5.04. The molecular formula is C19H36O2SSi. The van der Waals surface area contributed by atoms with Crippen molar-refractivity contribution in [2.75, 3.05) is 5.75 Å². The average Bonchev–Trinajstić information content (AvgIpc) is 2.41. The molecule has 2 nitrogen and oxygen atoms in total. The molecule has 0 radical (unpaired) electrons. The van der Waals surface area contributed by atoms with Gasteiger partial charge in [-0.25, -0.2) is 0 Å².